The van der Waals surface area contributed by atoms with Crippen LogP contribution < -0.4 is 5.32 Å². The van der Waals surface area contributed by atoms with E-state index in [2.05, 4.69) is 54.4 Å². The summed E-state index contributed by atoms with van der Waals surface area (Å²) in [7, 11) is 0. The summed E-state index contributed by atoms with van der Waals surface area (Å²) in [4.78, 5) is 2.68. The van der Waals surface area contributed by atoms with Crippen molar-refractivity contribution in [1.82, 2.24) is 10.2 Å². The van der Waals surface area contributed by atoms with E-state index >= 15 is 0 Å². The Morgan fingerprint density at radius 2 is 1.94 bits per heavy atom. The molecular weight excluding hydrogens is 220 g/mol. The molecule has 2 atom stereocenters. The molecule has 2 nitrogen and oxygen atoms in total. The van der Waals surface area contributed by atoms with Gasteiger partial charge in [0.2, 0.25) is 0 Å². The molecule has 1 heterocycles. The summed E-state index contributed by atoms with van der Waals surface area (Å²) in [5, 5.41) is 3.66. The van der Waals surface area contributed by atoms with Gasteiger partial charge in [0.25, 0.3) is 0 Å². The van der Waals surface area contributed by atoms with Crippen LogP contribution in [0.5, 0.6) is 0 Å². The molecule has 1 aliphatic rings. The average molecular weight is 246 g/mol. The minimum absolute atomic E-state index is 0.684. The molecule has 0 amide bonds. The van der Waals surface area contributed by atoms with Crippen molar-refractivity contribution in [3.8, 4) is 0 Å². The highest BCUT2D eigenvalue weighted by molar-refractivity contribution is 5.15. The molecule has 18 heavy (non-hydrogen) atoms. The largest absolute Gasteiger partial charge is 0.311 e. The Labute approximate surface area is 111 Å². The summed E-state index contributed by atoms with van der Waals surface area (Å²) in [6, 6.07) is 12.2. The maximum atomic E-state index is 3.66. The number of rotatable bonds is 5. The molecule has 1 aromatic carbocycles. The van der Waals surface area contributed by atoms with Gasteiger partial charge >= 0.3 is 0 Å². The van der Waals surface area contributed by atoms with Crippen LogP contribution in [0.1, 0.15) is 32.3 Å². The fourth-order valence-corrected chi connectivity index (χ4v) is 2.80. The van der Waals surface area contributed by atoms with E-state index in [0.29, 0.717) is 6.04 Å². The van der Waals surface area contributed by atoms with E-state index in [4.69, 9.17) is 0 Å². The Kier molecular flexibility index (Phi) is 5.21. The molecule has 1 aromatic rings. The summed E-state index contributed by atoms with van der Waals surface area (Å²) in [6.07, 6.45) is 3.66. The molecule has 2 unspecified atom stereocenters. The van der Waals surface area contributed by atoms with E-state index < -0.39 is 0 Å². The first kappa shape index (κ1) is 13.6. The fourth-order valence-electron chi connectivity index (χ4n) is 2.80. The Morgan fingerprint density at radius 1 is 1.17 bits per heavy atom. The van der Waals surface area contributed by atoms with Crippen molar-refractivity contribution in [3.05, 3.63) is 35.9 Å². The van der Waals surface area contributed by atoms with Crippen LogP contribution in [-0.4, -0.2) is 36.6 Å². The molecule has 100 valence electrons. The average Bonchev–Trinajstić information content (AvgIpc) is 2.45. The van der Waals surface area contributed by atoms with Gasteiger partial charge in [-0.05, 0) is 24.8 Å². The Bertz CT molecular complexity index is 336. The van der Waals surface area contributed by atoms with Crippen molar-refractivity contribution in [3.63, 3.8) is 0 Å². The first-order chi connectivity index (χ1) is 8.83. The predicted molar refractivity (Wildman–Crippen MR) is 77.9 cm³/mol. The highest BCUT2D eigenvalue weighted by Gasteiger charge is 2.25. The van der Waals surface area contributed by atoms with Crippen molar-refractivity contribution in [2.45, 2.75) is 45.2 Å². The number of hydrogen-bond donors (Lipinski definition) is 1. The van der Waals surface area contributed by atoms with Crippen LogP contribution in [-0.2, 0) is 6.42 Å². The Hall–Kier alpha value is -0.860. The van der Waals surface area contributed by atoms with Crippen LogP contribution in [0.25, 0.3) is 0 Å². The monoisotopic (exact) mass is 246 g/mol. The van der Waals surface area contributed by atoms with Gasteiger partial charge in [0.15, 0.2) is 0 Å². The molecule has 1 fully saturated rings. The second kappa shape index (κ2) is 6.91. The molecule has 1 aliphatic heterocycles. The van der Waals surface area contributed by atoms with E-state index in [1.165, 1.54) is 37.9 Å². The second-order valence-corrected chi connectivity index (χ2v) is 5.31. The smallest absolute Gasteiger partial charge is 0.0218 e. The lowest BCUT2D eigenvalue weighted by atomic mass is 10.0. The van der Waals surface area contributed by atoms with Gasteiger partial charge < -0.3 is 5.32 Å². The molecule has 0 bridgehead atoms. The van der Waals surface area contributed by atoms with E-state index in [1.54, 1.807) is 0 Å². The molecule has 0 saturated carbocycles. The van der Waals surface area contributed by atoms with Crippen molar-refractivity contribution < 1.29 is 0 Å². The highest BCUT2D eigenvalue weighted by Crippen LogP contribution is 2.13. The molecule has 0 spiro atoms. The topological polar surface area (TPSA) is 15.3 Å². The van der Waals surface area contributed by atoms with Crippen molar-refractivity contribution >= 4 is 0 Å². The SMILES string of the molecule is CCC1CN(CCc2ccccc2)C(CC)CN1. The summed E-state index contributed by atoms with van der Waals surface area (Å²) in [6.45, 7) is 8.14. The third-order valence-electron chi connectivity index (χ3n) is 4.11. The van der Waals surface area contributed by atoms with E-state index in [9.17, 15) is 0 Å². The molecule has 0 aromatic heterocycles. The standard InChI is InChI=1S/C16H26N2/c1-3-15-13-18(16(4-2)12-17-15)11-10-14-8-6-5-7-9-14/h5-9,15-17H,3-4,10-13H2,1-2H3. The van der Waals surface area contributed by atoms with E-state index in [-0.39, 0.29) is 0 Å². The summed E-state index contributed by atoms with van der Waals surface area (Å²) < 4.78 is 0. The zero-order chi connectivity index (χ0) is 12.8. The minimum atomic E-state index is 0.684. The third kappa shape index (κ3) is 3.56. The second-order valence-electron chi connectivity index (χ2n) is 5.31. The quantitative estimate of drug-likeness (QED) is 0.859. The first-order valence-corrected chi connectivity index (χ1v) is 7.34. The first-order valence-electron chi connectivity index (χ1n) is 7.34. The van der Waals surface area contributed by atoms with E-state index in [1.807, 2.05) is 0 Å². The third-order valence-corrected chi connectivity index (χ3v) is 4.11. The minimum Gasteiger partial charge on any atom is -0.311 e. The summed E-state index contributed by atoms with van der Waals surface area (Å²) in [5.74, 6) is 0. The lowest BCUT2D eigenvalue weighted by Gasteiger charge is -2.40. The zero-order valence-electron chi connectivity index (χ0n) is 11.7. The lowest BCUT2D eigenvalue weighted by molar-refractivity contribution is 0.126. The molecule has 2 rings (SSSR count). The predicted octanol–water partition coefficient (Wildman–Crippen LogP) is 2.69. The van der Waals surface area contributed by atoms with Crippen LogP contribution in [0.15, 0.2) is 30.3 Å². The number of piperazine rings is 1. The van der Waals surface area contributed by atoms with Gasteiger partial charge in [-0.3, -0.25) is 4.90 Å². The van der Waals surface area contributed by atoms with Crippen LogP contribution in [0.2, 0.25) is 0 Å². The van der Waals surface area contributed by atoms with Crippen LogP contribution in [0, 0.1) is 0 Å². The van der Waals surface area contributed by atoms with Gasteiger partial charge in [-0.2, -0.15) is 0 Å². The van der Waals surface area contributed by atoms with Crippen molar-refractivity contribution in [2.75, 3.05) is 19.6 Å². The van der Waals surface area contributed by atoms with Crippen molar-refractivity contribution in [2.24, 2.45) is 0 Å². The van der Waals surface area contributed by atoms with Crippen molar-refractivity contribution in [1.29, 1.82) is 0 Å². The maximum Gasteiger partial charge on any atom is 0.0218 e. The number of nitrogens with one attached hydrogen (secondary N) is 1. The summed E-state index contributed by atoms with van der Waals surface area (Å²) in [5.41, 5.74) is 1.46. The molecule has 2 heteroatoms. The van der Waals surface area contributed by atoms with Gasteiger partial charge in [0, 0.05) is 31.7 Å². The van der Waals surface area contributed by atoms with Crippen LogP contribution >= 0.6 is 0 Å². The fraction of sp³-hybridized carbons (Fsp3) is 0.625. The molecule has 1 N–H and O–H groups in total. The number of nitrogens with zero attached hydrogens (tertiary/aromatic N) is 1. The Morgan fingerprint density at radius 3 is 2.61 bits per heavy atom. The van der Waals surface area contributed by atoms with Crippen LogP contribution in [0.4, 0.5) is 0 Å². The lowest BCUT2D eigenvalue weighted by Crippen LogP contribution is -2.56. The normalized spacial score (nSPS) is 25.2. The van der Waals surface area contributed by atoms with Gasteiger partial charge in [-0.1, -0.05) is 44.2 Å². The summed E-state index contributed by atoms with van der Waals surface area (Å²) >= 11 is 0. The Balaban J connectivity index is 1.88. The van der Waals surface area contributed by atoms with Crippen LogP contribution in [0.3, 0.4) is 0 Å². The van der Waals surface area contributed by atoms with Gasteiger partial charge in [-0.15, -0.1) is 0 Å². The molecule has 0 aliphatic carbocycles. The highest BCUT2D eigenvalue weighted by atomic mass is 15.2. The zero-order valence-corrected chi connectivity index (χ0v) is 11.7. The molecule has 0 radical (unpaired) electrons. The maximum absolute atomic E-state index is 3.66. The van der Waals surface area contributed by atoms with Gasteiger partial charge in [0.05, 0.1) is 0 Å². The molecule has 1 saturated heterocycles. The number of benzene rings is 1. The number of hydrogen-bond acceptors (Lipinski definition) is 2. The van der Waals surface area contributed by atoms with Gasteiger partial charge in [-0.25, -0.2) is 0 Å². The van der Waals surface area contributed by atoms with E-state index in [0.717, 1.165) is 12.6 Å². The molecular formula is C16H26N2. The van der Waals surface area contributed by atoms with Gasteiger partial charge in [0.1, 0.15) is 0 Å².